The number of benzene rings is 1. The van der Waals surface area contributed by atoms with Crippen LogP contribution in [0.5, 0.6) is 5.75 Å². The van der Waals surface area contributed by atoms with Crippen LogP contribution in [0.4, 0.5) is 17.1 Å². The van der Waals surface area contributed by atoms with Crippen LogP contribution in [0.2, 0.25) is 0 Å². The lowest BCUT2D eigenvalue weighted by Crippen LogP contribution is -2.25. The summed E-state index contributed by atoms with van der Waals surface area (Å²) in [6.45, 7) is 2.63. The molecule has 108 valence electrons. The van der Waals surface area contributed by atoms with Crippen LogP contribution >= 0.6 is 0 Å². The molecule has 1 aliphatic heterocycles. The second-order valence-electron chi connectivity index (χ2n) is 4.59. The Labute approximate surface area is 116 Å². The first-order valence-electron chi connectivity index (χ1n) is 6.60. The Kier molecular flexibility index (Phi) is 4.39. The molecule has 7 nitrogen and oxygen atoms in total. The third kappa shape index (κ3) is 3.17. The predicted molar refractivity (Wildman–Crippen MR) is 75.2 cm³/mol. The first-order chi connectivity index (χ1) is 9.61. The molecule has 1 amide bonds. The van der Waals surface area contributed by atoms with Crippen LogP contribution in [0.25, 0.3) is 0 Å². The fourth-order valence-electron chi connectivity index (χ4n) is 2.01. The highest BCUT2D eigenvalue weighted by atomic mass is 16.6. The van der Waals surface area contributed by atoms with Gasteiger partial charge in [-0.15, -0.1) is 0 Å². The number of amides is 1. The van der Waals surface area contributed by atoms with Gasteiger partial charge in [0.2, 0.25) is 0 Å². The third-order valence-corrected chi connectivity index (χ3v) is 3.02. The monoisotopic (exact) mass is 279 g/mol. The van der Waals surface area contributed by atoms with Crippen molar-refractivity contribution in [1.82, 2.24) is 0 Å². The summed E-state index contributed by atoms with van der Waals surface area (Å²) in [6.07, 6.45) is 3.08. The summed E-state index contributed by atoms with van der Waals surface area (Å²) in [6, 6.07) is 2.90. The minimum Gasteiger partial charge on any atom is -0.481 e. The molecular formula is C13H17N3O4. The lowest BCUT2D eigenvalue weighted by Gasteiger charge is -2.19. The molecule has 1 aliphatic rings. The fourth-order valence-corrected chi connectivity index (χ4v) is 2.01. The Balaban J connectivity index is 2.21. The van der Waals surface area contributed by atoms with Crippen LogP contribution in [0.1, 0.15) is 26.2 Å². The number of unbranched alkanes of at least 4 members (excludes halogenated alkanes) is 2. The standard InChI is InChI=1S/C13H17N3O4/c1-2-3-4-5-14-9-6-10-12(7-11(9)16(18)19)20-8-13(17)15-10/h6-7,14H,2-5,8H2,1H3,(H,15,17). The Hall–Kier alpha value is -2.31. The van der Waals surface area contributed by atoms with E-state index < -0.39 is 4.92 Å². The molecule has 0 fully saturated rings. The summed E-state index contributed by atoms with van der Waals surface area (Å²) in [4.78, 5) is 21.9. The molecule has 2 N–H and O–H groups in total. The predicted octanol–water partition coefficient (Wildman–Crippen LogP) is 2.53. The molecular weight excluding hydrogens is 262 g/mol. The average molecular weight is 279 g/mol. The molecule has 0 spiro atoms. The maximum absolute atomic E-state index is 11.3. The number of hydrogen-bond acceptors (Lipinski definition) is 5. The van der Waals surface area contributed by atoms with Gasteiger partial charge in [-0.05, 0) is 12.5 Å². The summed E-state index contributed by atoms with van der Waals surface area (Å²) < 4.78 is 5.18. The minimum absolute atomic E-state index is 0.0450. The quantitative estimate of drug-likeness (QED) is 0.474. The van der Waals surface area contributed by atoms with Crippen molar-refractivity contribution in [2.24, 2.45) is 0 Å². The number of ether oxygens (including phenoxy) is 1. The van der Waals surface area contributed by atoms with E-state index in [0.717, 1.165) is 19.3 Å². The van der Waals surface area contributed by atoms with Gasteiger partial charge in [-0.1, -0.05) is 19.8 Å². The van der Waals surface area contributed by atoms with Gasteiger partial charge >= 0.3 is 0 Å². The highest BCUT2D eigenvalue weighted by Crippen LogP contribution is 2.37. The number of nitrogens with zero attached hydrogens (tertiary/aromatic N) is 1. The molecule has 7 heteroatoms. The number of nitro groups is 1. The molecule has 20 heavy (non-hydrogen) atoms. The highest BCUT2D eigenvalue weighted by Gasteiger charge is 2.23. The Morgan fingerprint density at radius 2 is 2.25 bits per heavy atom. The van der Waals surface area contributed by atoms with Crippen molar-refractivity contribution in [2.45, 2.75) is 26.2 Å². The van der Waals surface area contributed by atoms with Crippen LogP contribution in [0, 0.1) is 10.1 Å². The lowest BCUT2D eigenvalue weighted by molar-refractivity contribution is -0.384. The van der Waals surface area contributed by atoms with Crippen LogP contribution in [0.3, 0.4) is 0 Å². The van der Waals surface area contributed by atoms with Crippen molar-refractivity contribution in [3.63, 3.8) is 0 Å². The molecule has 0 saturated carbocycles. The summed E-state index contributed by atoms with van der Waals surface area (Å²) in [5.41, 5.74) is 0.817. The fraction of sp³-hybridized carbons (Fsp3) is 0.462. The van der Waals surface area contributed by atoms with E-state index >= 15 is 0 Å². The molecule has 1 heterocycles. The normalized spacial score (nSPS) is 13.2. The van der Waals surface area contributed by atoms with E-state index in [1.165, 1.54) is 6.07 Å². The molecule has 0 atom stereocenters. The topological polar surface area (TPSA) is 93.5 Å². The zero-order valence-corrected chi connectivity index (χ0v) is 11.3. The van der Waals surface area contributed by atoms with Crippen molar-refractivity contribution in [2.75, 3.05) is 23.8 Å². The van der Waals surface area contributed by atoms with E-state index in [-0.39, 0.29) is 18.2 Å². The van der Waals surface area contributed by atoms with E-state index in [2.05, 4.69) is 17.6 Å². The maximum atomic E-state index is 11.3. The van der Waals surface area contributed by atoms with E-state index in [4.69, 9.17) is 4.74 Å². The maximum Gasteiger partial charge on any atom is 0.296 e. The largest absolute Gasteiger partial charge is 0.481 e. The third-order valence-electron chi connectivity index (χ3n) is 3.02. The highest BCUT2D eigenvalue weighted by molar-refractivity contribution is 5.96. The van der Waals surface area contributed by atoms with Crippen LogP contribution in [0.15, 0.2) is 12.1 Å². The van der Waals surface area contributed by atoms with Gasteiger partial charge in [0.05, 0.1) is 16.7 Å². The first-order valence-corrected chi connectivity index (χ1v) is 6.60. The summed E-state index contributed by atoms with van der Waals surface area (Å²) in [7, 11) is 0. The Morgan fingerprint density at radius 1 is 1.45 bits per heavy atom. The second kappa shape index (κ2) is 6.23. The number of hydrogen-bond donors (Lipinski definition) is 2. The van der Waals surface area contributed by atoms with E-state index in [1.807, 2.05) is 0 Å². The smallest absolute Gasteiger partial charge is 0.296 e. The van der Waals surface area contributed by atoms with Crippen molar-refractivity contribution in [1.29, 1.82) is 0 Å². The molecule has 0 bridgehead atoms. The van der Waals surface area contributed by atoms with Crippen LogP contribution < -0.4 is 15.4 Å². The van der Waals surface area contributed by atoms with Crippen molar-refractivity contribution >= 4 is 23.0 Å². The SMILES string of the molecule is CCCCCNc1cc2c(cc1[N+](=O)[O-])OCC(=O)N2. The van der Waals surface area contributed by atoms with E-state index in [0.29, 0.717) is 23.7 Å². The van der Waals surface area contributed by atoms with Gasteiger partial charge in [0.15, 0.2) is 12.4 Å². The molecule has 2 rings (SSSR count). The molecule has 0 aliphatic carbocycles. The van der Waals surface area contributed by atoms with Crippen LogP contribution in [-0.2, 0) is 4.79 Å². The number of rotatable bonds is 6. The molecule has 1 aromatic rings. The zero-order valence-electron chi connectivity index (χ0n) is 11.3. The van der Waals surface area contributed by atoms with E-state index in [1.54, 1.807) is 6.07 Å². The van der Waals surface area contributed by atoms with Crippen molar-refractivity contribution in [3.8, 4) is 5.75 Å². The average Bonchev–Trinajstić information content (AvgIpc) is 2.42. The van der Waals surface area contributed by atoms with Crippen molar-refractivity contribution in [3.05, 3.63) is 22.2 Å². The van der Waals surface area contributed by atoms with Gasteiger partial charge in [0, 0.05) is 6.54 Å². The number of fused-ring (bicyclic) bond motifs is 1. The summed E-state index contributed by atoms with van der Waals surface area (Å²) in [5.74, 6) is 0.0682. The summed E-state index contributed by atoms with van der Waals surface area (Å²) >= 11 is 0. The number of carbonyl (C=O) groups is 1. The van der Waals surface area contributed by atoms with Gasteiger partial charge in [0.1, 0.15) is 5.69 Å². The van der Waals surface area contributed by atoms with Gasteiger partial charge < -0.3 is 15.4 Å². The van der Waals surface area contributed by atoms with Crippen LogP contribution in [-0.4, -0.2) is 24.0 Å². The molecule has 0 unspecified atom stereocenters. The van der Waals surface area contributed by atoms with Gasteiger partial charge in [-0.25, -0.2) is 0 Å². The minimum atomic E-state index is -0.456. The number of anilines is 2. The van der Waals surface area contributed by atoms with Gasteiger partial charge in [0.25, 0.3) is 11.6 Å². The molecule has 0 saturated heterocycles. The molecule has 0 radical (unpaired) electrons. The first kappa shape index (κ1) is 14.1. The lowest BCUT2D eigenvalue weighted by atomic mass is 10.2. The summed E-state index contributed by atoms with van der Waals surface area (Å²) in [5, 5.41) is 16.8. The Bertz CT molecular complexity index is 531. The Morgan fingerprint density at radius 3 is 2.95 bits per heavy atom. The molecule has 1 aromatic carbocycles. The molecule has 0 aromatic heterocycles. The zero-order chi connectivity index (χ0) is 14.5. The van der Waals surface area contributed by atoms with Gasteiger partial charge in [-0.3, -0.25) is 14.9 Å². The number of nitro benzene ring substituents is 1. The van der Waals surface area contributed by atoms with E-state index in [9.17, 15) is 14.9 Å². The second-order valence-corrected chi connectivity index (χ2v) is 4.59. The number of carbonyl (C=O) groups excluding carboxylic acids is 1. The van der Waals surface area contributed by atoms with Crippen molar-refractivity contribution < 1.29 is 14.5 Å². The number of nitrogens with one attached hydrogen (secondary N) is 2. The van der Waals surface area contributed by atoms with Gasteiger partial charge in [-0.2, -0.15) is 0 Å².